The highest BCUT2D eigenvalue weighted by atomic mass is 16.2. The van der Waals surface area contributed by atoms with Gasteiger partial charge in [-0.15, -0.1) is 0 Å². The highest BCUT2D eigenvalue weighted by Crippen LogP contribution is 2.02. The third-order valence-corrected chi connectivity index (χ3v) is 2.55. The maximum Gasteiger partial charge on any atom is 0.273 e. The summed E-state index contributed by atoms with van der Waals surface area (Å²) in [7, 11) is 0. The third-order valence-electron chi connectivity index (χ3n) is 2.55. The smallest absolute Gasteiger partial charge is 0.273 e. The molecule has 0 bridgehead atoms. The number of fused-ring (bicyclic) bond motifs is 1. The van der Waals surface area contributed by atoms with Crippen LogP contribution in [0.2, 0.25) is 0 Å². The number of aromatic nitrogens is 2. The zero-order valence-electron chi connectivity index (χ0n) is 9.27. The second-order valence-corrected chi connectivity index (χ2v) is 3.83. The Bertz CT molecular complexity index is 682. The standard InChI is InChI=1S/C12H13N3O2/c1-8(6-13)7-15-12(17)10-5-3-2-4-9(10)11(16)14-15/h2-5H,1,6-7,13H2,(H,14,16). The zero-order valence-corrected chi connectivity index (χ0v) is 9.27. The van der Waals surface area contributed by atoms with E-state index in [2.05, 4.69) is 11.7 Å². The summed E-state index contributed by atoms with van der Waals surface area (Å²) in [5.74, 6) is 0. The molecule has 88 valence electrons. The molecule has 0 saturated heterocycles. The van der Waals surface area contributed by atoms with Gasteiger partial charge in [-0.25, -0.2) is 4.68 Å². The van der Waals surface area contributed by atoms with Crippen molar-refractivity contribution in [2.24, 2.45) is 5.73 Å². The summed E-state index contributed by atoms with van der Waals surface area (Å²) in [5, 5.41) is 3.32. The average molecular weight is 231 g/mol. The van der Waals surface area contributed by atoms with E-state index in [0.29, 0.717) is 16.3 Å². The van der Waals surface area contributed by atoms with Gasteiger partial charge >= 0.3 is 0 Å². The van der Waals surface area contributed by atoms with Crippen molar-refractivity contribution in [2.75, 3.05) is 6.54 Å². The number of hydrogen-bond donors (Lipinski definition) is 2. The fourth-order valence-electron chi connectivity index (χ4n) is 1.65. The number of rotatable bonds is 3. The number of nitrogens with one attached hydrogen (secondary N) is 1. The summed E-state index contributed by atoms with van der Waals surface area (Å²) in [6.45, 7) is 4.22. The van der Waals surface area contributed by atoms with Crippen LogP contribution in [0, 0.1) is 0 Å². The van der Waals surface area contributed by atoms with E-state index in [9.17, 15) is 9.59 Å². The van der Waals surface area contributed by atoms with Crippen LogP contribution in [-0.2, 0) is 6.54 Å². The summed E-state index contributed by atoms with van der Waals surface area (Å²) in [6, 6.07) is 6.71. The number of H-pyrrole nitrogens is 1. The van der Waals surface area contributed by atoms with Gasteiger partial charge in [0, 0.05) is 6.54 Å². The Hall–Kier alpha value is -2.14. The van der Waals surface area contributed by atoms with Crippen molar-refractivity contribution in [3.8, 4) is 0 Å². The van der Waals surface area contributed by atoms with Gasteiger partial charge in [-0.3, -0.25) is 14.7 Å². The van der Waals surface area contributed by atoms with Crippen LogP contribution >= 0.6 is 0 Å². The van der Waals surface area contributed by atoms with Crippen LogP contribution in [-0.4, -0.2) is 16.3 Å². The quantitative estimate of drug-likeness (QED) is 0.741. The van der Waals surface area contributed by atoms with Crippen LogP contribution < -0.4 is 16.9 Å². The second-order valence-electron chi connectivity index (χ2n) is 3.83. The van der Waals surface area contributed by atoms with E-state index in [1.165, 1.54) is 4.68 Å². The molecule has 2 rings (SSSR count). The lowest BCUT2D eigenvalue weighted by Crippen LogP contribution is -2.31. The first kappa shape index (κ1) is 11.3. The van der Waals surface area contributed by atoms with Gasteiger partial charge in [-0.2, -0.15) is 0 Å². The van der Waals surface area contributed by atoms with Crippen molar-refractivity contribution >= 4 is 10.8 Å². The SMILES string of the molecule is C=C(CN)Cn1[nH]c(=O)c2ccccc2c1=O. The van der Waals surface area contributed by atoms with Crippen LogP contribution in [0.15, 0.2) is 46.0 Å². The van der Waals surface area contributed by atoms with Gasteiger partial charge < -0.3 is 5.73 Å². The van der Waals surface area contributed by atoms with Crippen molar-refractivity contribution in [3.63, 3.8) is 0 Å². The van der Waals surface area contributed by atoms with Crippen LogP contribution in [0.5, 0.6) is 0 Å². The molecule has 0 atom stereocenters. The summed E-state index contributed by atoms with van der Waals surface area (Å²) in [4.78, 5) is 23.8. The third kappa shape index (κ3) is 2.05. The lowest BCUT2D eigenvalue weighted by Gasteiger charge is -2.07. The lowest BCUT2D eigenvalue weighted by atomic mass is 10.2. The van der Waals surface area contributed by atoms with Crippen LogP contribution in [0.25, 0.3) is 10.8 Å². The van der Waals surface area contributed by atoms with Gasteiger partial charge in [-0.1, -0.05) is 18.7 Å². The summed E-state index contributed by atoms with van der Waals surface area (Å²) < 4.78 is 1.24. The van der Waals surface area contributed by atoms with E-state index in [-0.39, 0.29) is 24.2 Å². The fraction of sp³-hybridized carbons (Fsp3) is 0.167. The molecule has 1 heterocycles. The number of nitrogens with zero attached hydrogens (tertiary/aromatic N) is 1. The van der Waals surface area contributed by atoms with Crippen molar-refractivity contribution in [1.29, 1.82) is 0 Å². The highest BCUT2D eigenvalue weighted by molar-refractivity contribution is 5.80. The molecule has 3 N–H and O–H groups in total. The van der Waals surface area contributed by atoms with E-state index in [0.717, 1.165) is 0 Å². The molecule has 5 heteroatoms. The second kappa shape index (κ2) is 4.39. The van der Waals surface area contributed by atoms with Gasteiger partial charge in [0.05, 0.1) is 17.3 Å². The lowest BCUT2D eigenvalue weighted by molar-refractivity contribution is 0.624. The Morgan fingerprint density at radius 3 is 2.59 bits per heavy atom. The molecular formula is C12H13N3O2. The molecule has 0 aliphatic rings. The first-order chi connectivity index (χ1) is 8.13. The van der Waals surface area contributed by atoms with Gasteiger partial charge in [0.1, 0.15) is 0 Å². The van der Waals surface area contributed by atoms with Crippen molar-refractivity contribution < 1.29 is 0 Å². The van der Waals surface area contributed by atoms with Gasteiger partial charge in [0.2, 0.25) is 0 Å². The molecule has 0 aliphatic carbocycles. The van der Waals surface area contributed by atoms with Crippen molar-refractivity contribution in [3.05, 3.63) is 57.1 Å². The number of benzene rings is 1. The molecule has 0 radical (unpaired) electrons. The van der Waals surface area contributed by atoms with E-state index in [4.69, 9.17) is 5.73 Å². The van der Waals surface area contributed by atoms with Gasteiger partial charge in [-0.05, 0) is 17.7 Å². The van der Waals surface area contributed by atoms with Crippen molar-refractivity contribution in [1.82, 2.24) is 9.78 Å². The minimum absolute atomic E-state index is 0.232. The van der Waals surface area contributed by atoms with E-state index >= 15 is 0 Å². The van der Waals surface area contributed by atoms with Crippen molar-refractivity contribution in [2.45, 2.75) is 6.54 Å². The Kier molecular flexibility index (Phi) is 2.93. The topological polar surface area (TPSA) is 80.9 Å². The summed E-state index contributed by atoms with van der Waals surface area (Å²) in [6.07, 6.45) is 0. The highest BCUT2D eigenvalue weighted by Gasteiger charge is 2.06. The molecule has 0 spiro atoms. The molecular weight excluding hydrogens is 218 g/mol. The fourth-order valence-corrected chi connectivity index (χ4v) is 1.65. The molecule has 2 aromatic rings. The molecule has 0 fully saturated rings. The first-order valence-corrected chi connectivity index (χ1v) is 5.22. The van der Waals surface area contributed by atoms with Gasteiger partial charge in [0.25, 0.3) is 11.1 Å². The summed E-state index contributed by atoms with van der Waals surface area (Å²) in [5.41, 5.74) is 5.56. The normalized spacial score (nSPS) is 10.6. The van der Waals surface area contributed by atoms with E-state index < -0.39 is 0 Å². The Labute approximate surface area is 97.2 Å². The number of nitrogens with two attached hydrogens (primary N) is 1. The first-order valence-electron chi connectivity index (χ1n) is 5.22. The summed E-state index contributed by atoms with van der Waals surface area (Å²) >= 11 is 0. The molecule has 1 aromatic carbocycles. The van der Waals surface area contributed by atoms with E-state index in [1.807, 2.05) is 0 Å². The average Bonchev–Trinajstić information content (AvgIpc) is 2.35. The minimum Gasteiger partial charge on any atom is -0.327 e. The predicted octanol–water partition coefficient (Wildman–Crippen LogP) is 0.205. The molecule has 0 unspecified atom stereocenters. The largest absolute Gasteiger partial charge is 0.327 e. The molecule has 5 nitrogen and oxygen atoms in total. The van der Waals surface area contributed by atoms with Crippen LogP contribution in [0.1, 0.15) is 0 Å². The van der Waals surface area contributed by atoms with Crippen LogP contribution in [0.4, 0.5) is 0 Å². The molecule has 0 saturated carbocycles. The zero-order chi connectivity index (χ0) is 12.4. The predicted molar refractivity (Wildman–Crippen MR) is 67.0 cm³/mol. The van der Waals surface area contributed by atoms with Gasteiger partial charge in [0.15, 0.2) is 0 Å². The molecule has 0 aliphatic heterocycles. The molecule has 0 amide bonds. The Balaban J connectivity index is 2.68. The maximum absolute atomic E-state index is 12.0. The molecule has 17 heavy (non-hydrogen) atoms. The minimum atomic E-state index is -0.287. The van der Waals surface area contributed by atoms with Crippen LogP contribution in [0.3, 0.4) is 0 Å². The Morgan fingerprint density at radius 1 is 1.29 bits per heavy atom. The molecule has 1 aromatic heterocycles. The Morgan fingerprint density at radius 2 is 1.94 bits per heavy atom. The number of hydrogen-bond acceptors (Lipinski definition) is 3. The maximum atomic E-state index is 12.0. The monoisotopic (exact) mass is 231 g/mol. The number of aromatic amines is 1. The van der Waals surface area contributed by atoms with E-state index in [1.54, 1.807) is 24.3 Å².